The van der Waals surface area contributed by atoms with Crippen molar-refractivity contribution in [3.63, 3.8) is 0 Å². The van der Waals surface area contributed by atoms with E-state index in [2.05, 4.69) is 4.98 Å². The first-order chi connectivity index (χ1) is 13.5. The first kappa shape index (κ1) is 18.1. The minimum atomic E-state index is -0.453. The lowest BCUT2D eigenvalue weighted by atomic mass is 10.2. The van der Waals surface area contributed by atoms with Crippen LogP contribution in [0.1, 0.15) is 5.56 Å². The molecule has 4 rings (SSSR count). The van der Waals surface area contributed by atoms with Crippen molar-refractivity contribution in [3.8, 4) is 11.8 Å². The molecule has 2 heterocycles. The van der Waals surface area contributed by atoms with Crippen LogP contribution in [-0.2, 0) is 20.6 Å². The third-order valence-corrected chi connectivity index (χ3v) is 4.92. The predicted molar refractivity (Wildman–Crippen MR) is 107 cm³/mol. The third kappa shape index (κ3) is 2.99. The van der Waals surface area contributed by atoms with E-state index in [9.17, 15) is 9.59 Å². The van der Waals surface area contributed by atoms with Crippen LogP contribution in [0.4, 0.5) is 0 Å². The lowest BCUT2D eigenvalue weighted by Crippen LogP contribution is -2.37. The third-order valence-electron chi connectivity index (χ3n) is 4.55. The summed E-state index contributed by atoms with van der Waals surface area (Å²) >= 11 is 6.32. The summed E-state index contributed by atoms with van der Waals surface area (Å²) in [5.41, 5.74) is 0.436. The Balaban J connectivity index is 1.98. The Hall–Kier alpha value is -3.32. The Bertz CT molecular complexity index is 1290. The summed E-state index contributed by atoms with van der Waals surface area (Å²) in [7, 11) is 3.01. The number of para-hydroxylation sites is 1. The zero-order valence-electron chi connectivity index (χ0n) is 15.3. The van der Waals surface area contributed by atoms with Crippen LogP contribution in [0.25, 0.3) is 11.2 Å². The first-order valence-electron chi connectivity index (χ1n) is 8.60. The zero-order valence-corrected chi connectivity index (χ0v) is 16.1. The van der Waals surface area contributed by atoms with E-state index in [1.165, 1.54) is 11.6 Å². The molecule has 7 nitrogen and oxygen atoms in total. The predicted octanol–water partition coefficient (Wildman–Crippen LogP) is 2.93. The minimum absolute atomic E-state index is 0.208. The molecule has 2 aromatic heterocycles. The maximum atomic E-state index is 12.9. The molecular weight excluding hydrogens is 380 g/mol. The fourth-order valence-electron chi connectivity index (χ4n) is 3.04. The van der Waals surface area contributed by atoms with Crippen LogP contribution in [0.5, 0.6) is 11.8 Å². The second-order valence-corrected chi connectivity index (χ2v) is 6.77. The van der Waals surface area contributed by atoms with Crippen LogP contribution < -0.4 is 16.0 Å². The molecule has 0 bridgehead atoms. The van der Waals surface area contributed by atoms with Crippen molar-refractivity contribution in [3.05, 3.63) is 86.0 Å². The monoisotopic (exact) mass is 396 g/mol. The normalized spacial score (nSPS) is 11.1. The van der Waals surface area contributed by atoms with Gasteiger partial charge in [0.25, 0.3) is 5.56 Å². The number of rotatable bonds is 4. The molecule has 0 unspecified atom stereocenters. The summed E-state index contributed by atoms with van der Waals surface area (Å²) in [6, 6.07) is 16.7. The van der Waals surface area contributed by atoms with E-state index in [0.717, 1.165) is 10.1 Å². The van der Waals surface area contributed by atoms with Crippen molar-refractivity contribution in [1.82, 2.24) is 18.7 Å². The fraction of sp³-hybridized carbons (Fsp3) is 0.150. The molecule has 0 saturated carbocycles. The number of aromatic nitrogens is 4. The highest BCUT2D eigenvalue weighted by molar-refractivity contribution is 6.31. The lowest BCUT2D eigenvalue weighted by molar-refractivity contribution is 0.421. The van der Waals surface area contributed by atoms with Gasteiger partial charge in [-0.05, 0) is 23.8 Å². The Morgan fingerprint density at radius 2 is 1.64 bits per heavy atom. The Labute approximate surface area is 165 Å². The van der Waals surface area contributed by atoms with Crippen LogP contribution >= 0.6 is 11.6 Å². The van der Waals surface area contributed by atoms with E-state index in [1.54, 1.807) is 29.8 Å². The topological polar surface area (TPSA) is 71.1 Å². The largest absolute Gasteiger partial charge is 0.425 e. The van der Waals surface area contributed by atoms with Gasteiger partial charge in [0.1, 0.15) is 5.75 Å². The van der Waals surface area contributed by atoms with E-state index in [4.69, 9.17) is 16.3 Å². The van der Waals surface area contributed by atoms with Gasteiger partial charge in [0.05, 0.1) is 6.54 Å². The highest BCUT2D eigenvalue weighted by atomic mass is 35.5. The summed E-state index contributed by atoms with van der Waals surface area (Å²) in [5.74, 6) is 0.569. The van der Waals surface area contributed by atoms with Gasteiger partial charge in [0.15, 0.2) is 11.2 Å². The van der Waals surface area contributed by atoms with Crippen LogP contribution in [0.3, 0.4) is 0 Å². The number of nitrogens with zero attached hydrogens (tertiary/aromatic N) is 4. The number of hydrogen-bond acceptors (Lipinski definition) is 4. The fourth-order valence-corrected chi connectivity index (χ4v) is 3.24. The molecule has 0 fully saturated rings. The minimum Gasteiger partial charge on any atom is -0.425 e. The molecule has 8 heteroatoms. The van der Waals surface area contributed by atoms with Crippen molar-refractivity contribution in [2.75, 3.05) is 0 Å². The molecule has 0 spiro atoms. The molecule has 0 saturated heterocycles. The van der Waals surface area contributed by atoms with E-state index < -0.39 is 11.2 Å². The van der Waals surface area contributed by atoms with Gasteiger partial charge in [-0.15, -0.1) is 0 Å². The number of fused-ring (bicyclic) bond motifs is 1. The summed E-state index contributed by atoms with van der Waals surface area (Å²) in [5, 5.41) is 0.566. The molecule has 0 radical (unpaired) electrons. The van der Waals surface area contributed by atoms with Gasteiger partial charge in [-0.3, -0.25) is 18.5 Å². The summed E-state index contributed by atoms with van der Waals surface area (Å²) in [6.07, 6.45) is 0. The van der Waals surface area contributed by atoms with Crippen molar-refractivity contribution < 1.29 is 4.74 Å². The quantitative estimate of drug-likeness (QED) is 0.531. The van der Waals surface area contributed by atoms with Crippen molar-refractivity contribution in [2.45, 2.75) is 6.54 Å². The maximum absolute atomic E-state index is 12.9. The van der Waals surface area contributed by atoms with Gasteiger partial charge in [-0.1, -0.05) is 48.0 Å². The van der Waals surface area contributed by atoms with Crippen LogP contribution in [0, 0.1) is 0 Å². The van der Waals surface area contributed by atoms with Crippen LogP contribution in [0.15, 0.2) is 64.2 Å². The number of ether oxygens (including phenoxy) is 1. The van der Waals surface area contributed by atoms with Crippen molar-refractivity contribution in [2.24, 2.45) is 14.1 Å². The number of imidazole rings is 1. The molecule has 0 aliphatic carbocycles. The number of benzene rings is 2. The van der Waals surface area contributed by atoms with Gasteiger partial charge in [-0.2, -0.15) is 4.98 Å². The smallest absolute Gasteiger partial charge is 0.332 e. The second-order valence-electron chi connectivity index (χ2n) is 6.37. The lowest BCUT2D eigenvalue weighted by Gasteiger charge is -2.11. The number of hydrogen-bond donors (Lipinski definition) is 0. The first-order valence-corrected chi connectivity index (χ1v) is 8.97. The Morgan fingerprint density at radius 1 is 0.964 bits per heavy atom. The maximum Gasteiger partial charge on any atom is 0.332 e. The molecule has 142 valence electrons. The Kier molecular flexibility index (Phi) is 4.52. The molecule has 0 aliphatic heterocycles. The molecule has 0 amide bonds. The molecule has 28 heavy (non-hydrogen) atoms. The van der Waals surface area contributed by atoms with E-state index in [1.807, 2.05) is 36.4 Å². The van der Waals surface area contributed by atoms with Crippen molar-refractivity contribution >= 4 is 22.8 Å². The molecule has 0 N–H and O–H groups in total. The molecule has 0 aliphatic rings. The van der Waals surface area contributed by atoms with Gasteiger partial charge in [-0.25, -0.2) is 4.79 Å². The molecule has 0 atom stereocenters. The highest BCUT2D eigenvalue weighted by Crippen LogP contribution is 2.26. The average Bonchev–Trinajstić information content (AvgIpc) is 3.05. The summed E-state index contributed by atoms with van der Waals surface area (Å²) in [4.78, 5) is 29.6. The zero-order chi connectivity index (χ0) is 19.8. The molecule has 4 aromatic rings. The van der Waals surface area contributed by atoms with Gasteiger partial charge < -0.3 is 4.74 Å². The van der Waals surface area contributed by atoms with Crippen LogP contribution in [-0.4, -0.2) is 18.7 Å². The van der Waals surface area contributed by atoms with Crippen LogP contribution in [0.2, 0.25) is 5.02 Å². The number of halogens is 1. The number of aryl methyl sites for hydroxylation is 1. The van der Waals surface area contributed by atoms with Gasteiger partial charge in [0, 0.05) is 19.1 Å². The second kappa shape index (κ2) is 7.01. The standard InChI is InChI=1S/C20H17ClN4O3/c1-23-17-16(18(26)24(2)20(23)27)25(12-13-8-6-7-11-15(13)21)19(22-17)28-14-9-4-3-5-10-14/h3-11H,12H2,1-2H3. The van der Waals surface area contributed by atoms with E-state index in [-0.39, 0.29) is 23.7 Å². The molecule has 2 aromatic carbocycles. The van der Waals surface area contributed by atoms with E-state index >= 15 is 0 Å². The molecular formula is C20H17ClN4O3. The van der Waals surface area contributed by atoms with E-state index in [0.29, 0.717) is 10.8 Å². The summed E-state index contributed by atoms with van der Waals surface area (Å²) < 4.78 is 9.97. The van der Waals surface area contributed by atoms with Crippen molar-refractivity contribution in [1.29, 1.82) is 0 Å². The SMILES string of the molecule is Cn1c(=O)c2c(nc(Oc3ccccc3)n2Cc2ccccc2Cl)n(C)c1=O. The average molecular weight is 397 g/mol. The van der Waals surface area contributed by atoms with Gasteiger partial charge in [0.2, 0.25) is 0 Å². The summed E-state index contributed by atoms with van der Waals surface area (Å²) in [6.45, 7) is 0.270. The Morgan fingerprint density at radius 3 is 2.36 bits per heavy atom. The highest BCUT2D eigenvalue weighted by Gasteiger charge is 2.21. The van der Waals surface area contributed by atoms with Gasteiger partial charge >= 0.3 is 11.7 Å².